The Morgan fingerprint density at radius 1 is 1.00 bits per heavy atom. The maximum Gasteiger partial charge on any atom is 0.233 e. The second kappa shape index (κ2) is 6.75. The van der Waals surface area contributed by atoms with E-state index in [2.05, 4.69) is 0 Å². The van der Waals surface area contributed by atoms with Gasteiger partial charge in [-0.15, -0.1) is 0 Å². The fourth-order valence-corrected chi connectivity index (χ4v) is 2.59. The maximum atomic E-state index is 5.92. The van der Waals surface area contributed by atoms with Crippen LogP contribution in [0.3, 0.4) is 0 Å². The molecule has 2 nitrogen and oxygen atoms in total. The minimum Gasteiger partial charge on any atom is -0.345 e. The van der Waals surface area contributed by atoms with Crippen molar-refractivity contribution < 1.29 is 9.47 Å². The summed E-state index contributed by atoms with van der Waals surface area (Å²) in [5, 5.41) is 0. The van der Waals surface area contributed by atoms with Crippen LogP contribution in [0, 0.1) is 0 Å². The minimum atomic E-state index is -1.02. The molecule has 0 spiro atoms. The Morgan fingerprint density at radius 3 is 2.05 bits per heavy atom. The number of benzene rings is 2. The van der Waals surface area contributed by atoms with Crippen LogP contribution in [0.1, 0.15) is 18.1 Å². The van der Waals surface area contributed by atoms with E-state index in [0.29, 0.717) is 11.5 Å². The number of rotatable bonds is 6. The summed E-state index contributed by atoms with van der Waals surface area (Å²) in [7, 11) is 1.62. The van der Waals surface area contributed by atoms with Crippen LogP contribution in [0.5, 0.6) is 0 Å². The van der Waals surface area contributed by atoms with E-state index in [4.69, 9.17) is 21.7 Å². The third-order valence-electron chi connectivity index (χ3n) is 3.12. The van der Waals surface area contributed by atoms with E-state index >= 15 is 0 Å². The predicted octanol–water partition coefficient (Wildman–Crippen LogP) is 3.94. The third-order valence-corrected chi connectivity index (χ3v) is 3.63. The van der Waals surface area contributed by atoms with Crippen molar-refractivity contribution in [2.75, 3.05) is 13.7 Å². The molecule has 0 aliphatic carbocycles. The van der Waals surface area contributed by atoms with Gasteiger partial charge in [-0.3, -0.25) is 0 Å². The van der Waals surface area contributed by atoms with E-state index < -0.39 is 5.79 Å². The van der Waals surface area contributed by atoms with Crippen LogP contribution in [0.2, 0.25) is 0 Å². The van der Waals surface area contributed by atoms with Gasteiger partial charge >= 0.3 is 0 Å². The Bertz CT molecular complexity index is 554. The summed E-state index contributed by atoms with van der Waals surface area (Å²) in [5.74, 6) is -1.02. The van der Waals surface area contributed by atoms with Crippen LogP contribution in [0.15, 0.2) is 60.7 Å². The third kappa shape index (κ3) is 2.80. The topological polar surface area (TPSA) is 18.5 Å². The molecule has 104 valence electrons. The first-order valence-corrected chi connectivity index (χ1v) is 7.00. The quantitative estimate of drug-likeness (QED) is 0.455. The molecule has 0 saturated heterocycles. The van der Waals surface area contributed by atoms with E-state index in [1.54, 1.807) is 7.11 Å². The summed E-state index contributed by atoms with van der Waals surface area (Å²) in [6, 6.07) is 19.6. The highest BCUT2D eigenvalue weighted by Gasteiger charge is 2.38. The van der Waals surface area contributed by atoms with Gasteiger partial charge < -0.3 is 9.47 Å². The van der Waals surface area contributed by atoms with Gasteiger partial charge in [-0.1, -0.05) is 72.9 Å². The van der Waals surface area contributed by atoms with E-state index in [1.165, 1.54) is 0 Å². The van der Waals surface area contributed by atoms with Crippen LogP contribution in [-0.4, -0.2) is 18.6 Å². The lowest BCUT2D eigenvalue weighted by molar-refractivity contribution is -0.174. The van der Waals surface area contributed by atoms with Gasteiger partial charge in [0.1, 0.15) is 0 Å². The van der Waals surface area contributed by atoms with Crippen LogP contribution in [0.4, 0.5) is 0 Å². The van der Waals surface area contributed by atoms with Gasteiger partial charge in [0, 0.05) is 19.3 Å². The number of hydrogen-bond acceptors (Lipinski definition) is 3. The second-order valence-electron chi connectivity index (χ2n) is 4.31. The number of ether oxygens (including phenoxy) is 2. The van der Waals surface area contributed by atoms with Gasteiger partial charge in [0.15, 0.2) is 0 Å². The molecule has 0 heterocycles. The van der Waals surface area contributed by atoms with Crippen LogP contribution in [0.25, 0.3) is 0 Å². The molecule has 0 fully saturated rings. The van der Waals surface area contributed by atoms with Crippen molar-refractivity contribution in [1.29, 1.82) is 0 Å². The molecule has 0 saturated carbocycles. The van der Waals surface area contributed by atoms with Gasteiger partial charge in [-0.2, -0.15) is 0 Å². The first kappa shape index (κ1) is 14.9. The summed E-state index contributed by atoms with van der Waals surface area (Å²) >= 11 is 5.65. The predicted molar refractivity (Wildman–Crippen MR) is 84.9 cm³/mol. The highest BCUT2D eigenvalue weighted by Crippen LogP contribution is 2.31. The molecule has 20 heavy (non-hydrogen) atoms. The van der Waals surface area contributed by atoms with Crippen molar-refractivity contribution >= 4 is 17.1 Å². The van der Waals surface area contributed by atoms with Crippen molar-refractivity contribution in [3.05, 3.63) is 71.8 Å². The average molecular weight is 286 g/mol. The van der Waals surface area contributed by atoms with E-state index in [9.17, 15) is 0 Å². The lowest BCUT2D eigenvalue weighted by Gasteiger charge is -2.33. The molecule has 0 aliphatic heterocycles. The zero-order valence-corrected chi connectivity index (χ0v) is 12.5. The van der Waals surface area contributed by atoms with Crippen molar-refractivity contribution in [3.8, 4) is 0 Å². The molecule has 0 bridgehead atoms. The smallest absolute Gasteiger partial charge is 0.233 e. The van der Waals surface area contributed by atoms with E-state index in [1.807, 2.05) is 67.6 Å². The summed E-state index contributed by atoms with van der Waals surface area (Å²) in [4.78, 5) is 0.633. The van der Waals surface area contributed by atoms with Gasteiger partial charge in [0.25, 0.3) is 0 Å². The monoisotopic (exact) mass is 286 g/mol. The maximum absolute atomic E-state index is 5.92. The highest BCUT2D eigenvalue weighted by atomic mass is 32.1. The molecule has 1 unspecified atom stereocenters. The van der Waals surface area contributed by atoms with Gasteiger partial charge in [-0.05, 0) is 12.5 Å². The Hall–Kier alpha value is -1.55. The summed E-state index contributed by atoms with van der Waals surface area (Å²) in [6.45, 7) is 2.44. The van der Waals surface area contributed by atoms with Crippen LogP contribution >= 0.6 is 12.2 Å². The van der Waals surface area contributed by atoms with Crippen molar-refractivity contribution in [1.82, 2.24) is 0 Å². The van der Waals surface area contributed by atoms with Crippen molar-refractivity contribution in [2.45, 2.75) is 12.7 Å². The molecule has 2 aromatic carbocycles. The fraction of sp³-hybridized carbons (Fsp3) is 0.235. The zero-order valence-electron chi connectivity index (χ0n) is 11.7. The number of methoxy groups -OCH3 is 1. The summed E-state index contributed by atoms with van der Waals surface area (Å²) in [6.07, 6.45) is 0. The fourth-order valence-electron chi connectivity index (χ4n) is 2.19. The van der Waals surface area contributed by atoms with Crippen molar-refractivity contribution in [2.24, 2.45) is 0 Å². The molecule has 1 atom stereocenters. The molecular formula is C17H18O2S. The molecule has 2 aromatic rings. The normalized spacial score (nSPS) is 13.7. The summed E-state index contributed by atoms with van der Waals surface area (Å²) in [5.41, 5.74) is 1.83. The minimum absolute atomic E-state index is 0.510. The lowest BCUT2D eigenvalue weighted by atomic mass is 9.97. The SMILES string of the molecule is CCOC(OC)(C(=S)c1ccccc1)c1ccccc1. The average Bonchev–Trinajstić information content (AvgIpc) is 2.54. The molecule has 0 N–H and O–H groups in total. The standard InChI is InChI=1S/C17H18O2S/c1-3-19-17(18-2,15-12-8-5-9-13-15)16(20)14-10-6-4-7-11-14/h4-13H,3H2,1-2H3. The van der Waals surface area contributed by atoms with Crippen LogP contribution in [-0.2, 0) is 15.3 Å². The number of thiocarbonyl (C=S) groups is 1. The molecule has 2 rings (SSSR count). The zero-order chi connectivity index (χ0) is 14.4. The molecule has 0 aromatic heterocycles. The van der Waals surface area contributed by atoms with Gasteiger partial charge in [0.2, 0.25) is 5.79 Å². The summed E-state index contributed by atoms with van der Waals surface area (Å²) < 4.78 is 11.6. The second-order valence-corrected chi connectivity index (χ2v) is 4.72. The van der Waals surface area contributed by atoms with Crippen LogP contribution < -0.4 is 0 Å². The van der Waals surface area contributed by atoms with Crippen molar-refractivity contribution in [3.63, 3.8) is 0 Å². The lowest BCUT2D eigenvalue weighted by Crippen LogP contribution is -2.40. The number of hydrogen-bond donors (Lipinski definition) is 0. The molecule has 0 radical (unpaired) electrons. The van der Waals surface area contributed by atoms with E-state index in [-0.39, 0.29) is 0 Å². The van der Waals surface area contributed by atoms with Gasteiger partial charge in [0.05, 0.1) is 4.86 Å². The molecular weight excluding hydrogens is 268 g/mol. The largest absolute Gasteiger partial charge is 0.345 e. The van der Waals surface area contributed by atoms with E-state index in [0.717, 1.165) is 11.1 Å². The molecule has 0 aliphatic rings. The first-order chi connectivity index (χ1) is 9.74. The first-order valence-electron chi connectivity index (χ1n) is 6.59. The van der Waals surface area contributed by atoms with Gasteiger partial charge in [-0.25, -0.2) is 0 Å². The Morgan fingerprint density at radius 2 is 1.55 bits per heavy atom. The Kier molecular flexibility index (Phi) is 5.01. The molecule has 3 heteroatoms. The Labute approximate surface area is 125 Å². The molecule has 0 amide bonds. The Balaban J connectivity index is 2.50. The highest BCUT2D eigenvalue weighted by molar-refractivity contribution is 7.81.